The molecule has 6 heteroatoms. The Kier molecular flexibility index (Phi) is 4.82. The minimum Gasteiger partial charge on any atom is -0.508 e. The number of rotatable bonds is 6. The Morgan fingerprint density at radius 2 is 2.06 bits per heavy atom. The maximum absolute atomic E-state index is 10.9. The van der Waals surface area contributed by atoms with Crippen molar-refractivity contribution in [3.63, 3.8) is 0 Å². The Balaban J connectivity index is 2.60. The number of carbonyl (C=O) groups is 1. The van der Waals surface area contributed by atoms with E-state index >= 15 is 0 Å². The van der Waals surface area contributed by atoms with E-state index in [1.54, 1.807) is 12.1 Å². The predicted molar refractivity (Wildman–Crippen MR) is 59.1 cm³/mol. The number of hydrogen-bond donors (Lipinski definition) is 3. The number of nitrogens with two attached hydrogens (primary N) is 1. The molecule has 0 saturated heterocycles. The molecule has 4 N–H and O–H groups in total. The first-order chi connectivity index (χ1) is 7.63. The van der Waals surface area contributed by atoms with Crippen LogP contribution in [0, 0.1) is 0 Å². The second kappa shape index (κ2) is 6.14. The highest BCUT2D eigenvalue weighted by molar-refractivity contribution is 6.36. The number of carboxylic acids is 1. The van der Waals surface area contributed by atoms with Crippen LogP contribution in [0.2, 0.25) is 5.82 Å². The van der Waals surface area contributed by atoms with E-state index in [9.17, 15) is 4.79 Å². The highest BCUT2D eigenvalue weighted by Gasteiger charge is 2.20. The van der Waals surface area contributed by atoms with Crippen molar-refractivity contribution in [1.82, 2.24) is 0 Å². The molecule has 1 rings (SSSR count). The van der Waals surface area contributed by atoms with Crippen LogP contribution >= 0.6 is 0 Å². The van der Waals surface area contributed by atoms with Crippen LogP contribution in [0.25, 0.3) is 0 Å². The molecule has 0 spiro atoms. The van der Waals surface area contributed by atoms with Gasteiger partial charge in [-0.05, 0) is 24.1 Å². The van der Waals surface area contributed by atoms with Gasteiger partial charge < -0.3 is 20.6 Å². The van der Waals surface area contributed by atoms with E-state index < -0.39 is 11.8 Å². The zero-order valence-corrected chi connectivity index (χ0v) is 8.67. The summed E-state index contributed by atoms with van der Waals surface area (Å²) in [4.78, 5) is 10.9. The summed E-state index contributed by atoms with van der Waals surface area (Å²) in [5.41, 5.74) is 5.92. The Bertz CT molecular complexity index is 341. The molecule has 0 aromatic heterocycles. The smallest absolute Gasteiger partial charge is 0.309 e. The van der Waals surface area contributed by atoms with Crippen molar-refractivity contribution in [1.29, 1.82) is 0 Å². The fourth-order valence-corrected chi connectivity index (χ4v) is 1.25. The molecule has 0 bridgehead atoms. The molecular formula is C10H13BNO4. The van der Waals surface area contributed by atoms with Crippen molar-refractivity contribution in [2.45, 2.75) is 12.2 Å². The summed E-state index contributed by atoms with van der Waals surface area (Å²) >= 11 is 0. The average Bonchev–Trinajstić information content (AvgIpc) is 2.26. The molecule has 5 nitrogen and oxygen atoms in total. The summed E-state index contributed by atoms with van der Waals surface area (Å²) in [6, 6.07) is 6.36. The number of aliphatic carboxylic acids is 1. The zero-order chi connectivity index (χ0) is 12.0. The van der Waals surface area contributed by atoms with Crippen molar-refractivity contribution < 1.29 is 19.7 Å². The van der Waals surface area contributed by atoms with Gasteiger partial charge in [0.15, 0.2) is 0 Å². The molecule has 0 fully saturated rings. The van der Waals surface area contributed by atoms with Crippen molar-refractivity contribution in [3.8, 4) is 5.75 Å². The second-order valence-corrected chi connectivity index (χ2v) is 3.28. The molecular weight excluding hydrogens is 209 g/mol. The minimum absolute atomic E-state index is 0.0423. The number of phenols is 1. The van der Waals surface area contributed by atoms with Crippen molar-refractivity contribution in [3.05, 3.63) is 29.8 Å². The normalized spacial score (nSPS) is 12.1. The highest BCUT2D eigenvalue weighted by Crippen LogP contribution is 2.16. The molecule has 1 aromatic carbocycles. The predicted octanol–water partition coefficient (Wildman–Crippen LogP) is 0.360. The number of aromatic hydroxyl groups is 1. The molecule has 16 heavy (non-hydrogen) atoms. The van der Waals surface area contributed by atoms with Crippen LogP contribution in [0.1, 0.15) is 5.56 Å². The maximum atomic E-state index is 10.9. The van der Waals surface area contributed by atoms with Gasteiger partial charge in [-0.2, -0.15) is 0 Å². The third-order valence-electron chi connectivity index (χ3n) is 2.07. The average molecular weight is 222 g/mol. The lowest BCUT2D eigenvalue weighted by Crippen LogP contribution is -2.21. The second-order valence-electron chi connectivity index (χ2n) is 3.28. The molecule has 0 amide bonds. The van der Waals surface area contributed by atoms with Crippen LogP contribution in [0.15, 0.2) is 24.3 Å². The van der Waals surface area contributed by atoms with Crippen LogP contribution in [0.3, 0.4) is 0 Å². The Labute approximate surface area is 94.1 Å². The standard InChI is InChI=1S/C10H13BNO4/c12-6-16-11-9(10(14)15)5-7-1-3-8(13)4-2-7/h1-4,9,13H,5-6,12H2,(H,14,15)/t9-/m0/s1. The number of benzene rings is 1. The van der Waals surface area contributed by atoms with Crippen molar-refractivity contribution in [2.24, 2.45) is 5.73 Å². The first-order valence-corrected chi connectivity index (χ1v) is 4.79. The highest BCUT2D eigenvalue weighted by atomic mass is 16.4. The van der Waals surface area contributed by atoms with Crippen LogP contribution in [-0.4, -0.2) is 30.4 Å². The van der Waals surface area contributed by atoms with E-state index in [0.717, 1.165) is 5.56 Å². The molecule has 1 aromatic rings. The molecule has 1 radical (unpaired) electrons. The lowest BCUT2D eigenvalue weighted by molar-refractivity contribution is -0.137. The number of phenolic OH excluding ortho intramolecular Hbond substituents is 1. The molecule has 0 unspecified atom stereocenters. The SMILES string of the molecule is NCO[B][C@@H](Cc1ccc(O)cc1)C(=O)O. The van der Waals surface area contributed by atoms with Crippen LogP contribution in [-0.2, 0) is 15.9 Å². The Morgan fingerprint density at radius 1 is 1.44 bits per heavy atom. The van der Waals surface area contributed by atoms with E-state index in [4.69, 9.17) is 20.6 Å². The monoisotopic (exact) mass is 222 g/mol. The first kappa shape index (κ1) is 12.5. The van der Waals surface area contributed by atoms with Gasteiger partial charge in [0.25, 0.3) is 0 Å². The fourth-order valence-electron chi connectivity index (χ4n) is 1.25. The first-order valence-electron chi connectivity index (χ1n) is 4.79. The zero-order valence-electron chi connectivity index (χ0n) is 8.67. The molecule has 85 valence electrons. The lowest BCUT2D eigenvalue weighted by atomic mass is 9.76. The van der Waals surface area contributed by atoms with Gasteiger partial charge in [0.2, 0.25) is 0 Å². The number of carboxylic acid groups (broad SMARTS) is 1. The molecule has 0 aliphatic rings. The van der Waals surface area contributed by atoms with E-state index in [-0.39, 0.29) is 12.5 Å². The summed E-state index contributed by atoms with van der Waals surface area (Å²) in [6.45, 7) is -0.0423. The fraction of sp³-hybridized carbons (Fsp3) is 0.300. The van der Waals surface area contributed by atoms with E-state index in [1.165, 1.54) is 19.6 Å². The third-order valence-corrected chi connectivity index (χ3v) is 2.07. The summed E-state index contributed by atoms with van der Waals surface area (Å²) in [6.07, 6.45) is 0.301. The quantitative estimate of drug-likeness (QED) is 0.477. The molecule has 0 aliphatic heterocycles. The van der Waals surface area contributed by atoms with Gasteiger partial charge in [-0.25, -0.2) is 0 Å². The lowest BCUT2D eigenvalue weighted by Gasteiger charge is -2.10. The van der Waals surface area contributed by atoms with Crippen LogP contribution < -0.4 is 5.73 Å². The van der Waals surface area contributed by atoms with Gasteiger partial charge in [-0.15, -0.1) is 0 Å². The molecule has 0 aliphatic carbocycles. The molecule has 1 atom stereocenters. The van der Waals surface area contributed by atoms with E-state index in [2.05, 4.69) is 0 Å². The van der Waals surface area contributed by atoms with E-state index in [0.29, 0.717) is 6.42 Å². The van der Waals surface area contributed by atoms with Gasteiger partial charge in [-0.3, -0.25) is 4.79 Å². The van der Waals surface area contributed by atoms with Gasteiger partial charge in [-0.1, -0.05) is 12.1 Å². The number of hydrogen-bond acceptors (Lipinski definition) is 4. The largest absolute Gasteiger partial charge is 0.508 e. The summed E-state index contributed by atoms with van der Waals surface area (Å²) in [5, 5.41) is 18.0. The molecule has 0 saturated carbocycles. The maximum Gasteiger partial charge on any atom is 0.309 e. The van der Waals surface area contributed by atoms with Crippen LogP contribution in [0.4, 0.5) is 0 Å². The summed E-state index contributed by atoms with van der Waals surface area (Å²) < 4.78 is 4.78. The van der Waals surface area contributed by atoms with Crippen molar-refractivity contribution in [2.75, 3.05) is 6.73 Å². The molecule has 0 heterocycles. The summed E-state index contributed by atoms with van der Waals surface area (Å²) in [5.74, 6) is -1.56. The minimum atomic E-state index is -0.971. The summed E-state index contributed by atoms with van der Waals surface area (Å²) in [7, 11) is 1.22. The Hall–Kier alpha value is -1.53. The van der Waals surface area contributed by atoms with Crippen molar-refractivity contribution >= 4 is 13.5 Å². The van der Waals surface area contributed by atoms with Crippen LogP contribution in [0.5, 0.6) is 5.75 Å². The van der Waals surface area contributed by atoms with Gasteiger partial charge in [0, 0.05) is 0 Å². The topological polar surface area (TPSA) is 92.8 Å². The Morgan fingerprint density at radius 3 is 2.56 bits per heavy atom. The van der Waals surface area contributed by atoms with E-state index in [1.807, 2.05) is 0 Å². The van der Waals surface area contributed by atoms with Gasteiger partial charge in [0.05, 0.1) is 12.5 Å². The van der Waals surface area contributed by atoms with Gasteiger partial charge in [0.1, 0.15) is 5.75 Å². The third kappa shape index (κ3) is 3.92. The van der Waals surface area contributed by atoms with Gasteiger partial charge >= 0.3 is 13.5 Å².